The van der Waals surface area contributed by atoms with Crippen molar-refractivity contribution >= 4 is 28.6 Å². The van der Waals surface area contributed by atoms with E-state index in [1.165, 1.54) is 16.9 Å². The van der Waals surface area contributed by atoms with Crippen molar-refractivity contribution in [3.63, 3.8) is 0 Å². The monoisotopic (exact) mass is 321 g/mol. The van der Waals surface area contributed by atoms with Crippen molar-refractivity contribution in [3.05, 3.63) is 44.3 Å². The third kappa shape index (κ3) is 3.20. The summed E-state index contributed by atoms with van der Waals surface area (Å²) in [5.74, 6) is 0.0363. The molecule has 1 N–H and O–H groups in total. The minimum atomic E-state index is 0.0280. The molecular formula is C16H19NO2S2. The molecular weight excluding hydrogens is 302 g/mol. The second-order valence-electron chi connectivity index (χ2n) is 5.58. The fourth-order valence-corrected chi connectivity index (χ4v) is 4.38. The molecule has 0 bridgehead atoms. The van der Waals surface area contributed by atoms with Gasteiger partial charge in [-0.1, -0.05) is 0 Å². The lowest BCUT2D eigenvalue weighted by atomic mass is 9.75. The Balaban J connectivity index is 1.72. The van der Waals surface area contributed by atoms with Gasteiger partial charge in [-0.3, -0.25) is 4.79 Å². The standard InChI is InChI=1S/C16H19NO2S2/c1-12-8-14(21-9-12)15(18)17-11-16(3-5-19-6-4-16)13-2-7-20-10-13/h2,7-10H,3-6,11H2,1H3,(H,17,18). The van der Waals surface area contributed by atoms with E-state index in [1.54, 1.807) is 11.3 Å². The first kappa shape index (κ1) is 14.8. The molecule has 1 aliphatic heterocycles. The van der Waals surface area contributed by atoms with Gasteiger partial charge in [-0.05, 0) is 59.2 Å². The number of hydrogen-bond donors (Lipinski definition) is 1. The van der Waals surface area contributed by atoms with Crippen LogP contribution in [-0.4, -0.2) is 25.7 Å². The quantitative estimate of drug-likeness (QED) is 0.934. The maximum absolute atomic E-state index is 12.3. The van der Waals surface area contributed by atoms with Gasteiger partial charge in [0.2, 0.25) is 0 Å². The van der Waals surface area contributed by atoms with Gasteiger partial charge >= 0.3 is 0 Å². The van der Waals surface area contributed by atoms with Crippen LogP contribution < -0.4 is 5.32 Å². The van der Waals surface area contributed by atoms with Crippen LogP contribution in [0.1, 0.15) is 33.6 Å². The molecule has 0 saturated carbocycles. The zero-order valence-corrected chi connectivity index (χ0v) is 13.7. The second-order valence-corrected chi connectivity index (χ2v) is 7.27. The van der Waals surface area contributed by atoms with Crippen LogP contribution in [0.15, 0.2) is 28.3 Å². The molecule has 112 valence electrons. The molecule has 0 aromatic carbocycles. The van der Waals surface area contributed by atoms with E-state index < -0.39 is 0 Å². The number of aryl methyl sites for hydroxylation is 1. The smallest absolute Gasteiger partial charge is 0.261 e. The number of nitrogens with one attached hydrogen (secondary N) is 1. The maximum Gasteiger partial charge on any atom is 0.261 e. The van der Waals surface area contributed by atoms with E-state index in [0.29, 0.717) is 6.54 Å². The third-order valence-corrected chi connectivity index (χ3v) is 5.86. The van der Waals surface area contributed by atoms with E-state index in [2.05, 4.69) is 22.1 Å². The first-order chi connectivity index (χ1) is 10.2. The summed E-state index contributed by atoms with van der Waals surface area (Å²) in [6, 6.07) is 4.12. The zero-order valence-electron chi connectivity index (χ0n) is 12.1. The van der Waals surface area contributed by atoms with Crippen LogP contribution in [0.5, 0.6) is 0 Å². The number of amides is 1. The van der Waals surface area contributed by atoms with Gasteiger partial charge < -0.3 is 10.1 Å². The van der Waals surface area contributed by atoms with Crippen LogP contribution in [0.3, 0.4) is 0 Å². The molecule has 2 aromatic heterocycles. The molecule has 21 heavy (non-hydrogen) atoms. The molecule has 1 aliphatic rings. The normalized spacial score (nSPS) is 17.6. The summed E-state index contributed by atoms with van der Waals surface area (Å²) < 4.78 is 5.51. The van der Waals surface area contributed by atoms with E-state index in [9.17, 15) is 4.79 Å². The molecule has 1 amide bonds. The molecule has 3 nitrogen and oxygen atoms in total. The molecule has 2 aromatic rings. The molecule has 0 unspecified atom stereocenters. The molecule has 1 saturated heterocycles. The van der Waals surface area contributed by atoms with Crippen molar-refractivity contribution in [3.8, 4) is 0 Å². The fraction of sp³-hybridized carbons (Fsp3) is 0.438. The van der Waals surface area contributed by atoms with Crippen LogP contribution in [0.4, 0.5) is 0 Å². The average Bonchev–Trinajstić information content (AvgIpc) is 3.17. The molecule has 0 radical (unpaired) electrons. The van der Waals surface area contributed by atoms with Crippen molar-refractivity contribution in [1.82, 2.24) is 5.32 Å². The van der Waals surface area contributed by atoms with Crippen molar-refractivity contribution in [2.75, 3.05) is 19.8 Å². The minimum Gasteiger partial charge on any atom is -0.381 e. The molecule has 0 spiro atoms. The van der Waals surface area contributed by atoms with E-state index in [4.69, 9.17) is 4.74 Å². The molecule has 3 heterocycles. The number of thiophene rings is 2. The number of rotatable bonds is 4. The first-order valence-corrected chi connectivity index (χ1v) is 8.96. The van der Waals surface area contributed by atoms with Crippen LogP contribution in [-0.2, 0) is 10.2 Å². The number of hydrogen-bond acceptors (Lipinski definition) is 4. The van der Waals surface area contributed by atoms with Gasteiger partial charge in [0.05, 0.1) is 4.88 Å². The highest BCUT2D eigenvalue weighted by molar-refractivity contribution is 7.12. The fourth-order valence-electron chi connectivity index (χ4n) is 2.78. The van der Waals surface area contributed by atoms with Gasteiger partial charge in [0, 0.05) is 25.2 Å². The van der Waals surface area contributed by atoms with Gasteiger partial charge in [0.1, 0.15) is 0 Å². The topological polar surface area (TPSA) is 38.3 Å². The summed E-state index contributed by atoms with van der Waals surface area (Å²) >= 11 is 3.22. The van der Waals surface area contributed by atoms with E-state index in [1.807, 2.05) is 18.4 Å². The van der Waals surface area contributed by atoms with E-state index >= 15 is 0 Å². The summed E-state index contributed by atoms with van der Waals surface area (Å²) in [6.45, 7) is 4.23. The summed E-state index contributed by atoms with van der Waals surface area (Å²) in [6.07, 6.45) is 1.93. The van der Waals surface area contributed by atoms with Gasteiger partial charge in [0.25, 0.3) is 5.91 Å². The number of carbonyl (C=O) groups is 1. The van der Waals surface area contributed by atoms with Crippen LogP contribution in [0.25, 0.3) is 0 Å². The van der Waals surface area contributed by atoms with Crippen molar-refractivity contribution in [2.45, 2.75) is 25.2 Å². The van der Waals surface area contributed by atoms with Gasteiger partial charge in [-0.2, -0.15) is 11.3 Å². The average molecular weight is 321 g/mol. The first-order valence-electron chi connectivity index (χ1n) is 7.13. The van der Waals surface area contributed by atoms with Gasteiger partial charge in [-0.15, -0.1) is 11.3 Å². The Morgan fingerprint density at radius 3 is 2.81 bits per heavy atom. The lowest BCUT2D eigenvalue weighted by molar-refractivity contribution is 0.0489. The highest BCUT2D eigenvalue weighted by atomic mass is 32.1. The Morgan fingerprint density at radius 2 is 2.19 bits per heavy atom. The highest BCUT2D eigenvalue weighted by Gasteiger charge is 2.35. The van der Waals surface area contributed by atoms with Crippen molar-refractivity contribution in [2.24, 2.45) is 0 Å². The summed E-state index contributed by atoms with van der Waals surface area (Å²) in [4.78, 5) is 13.1. The Kier molecular flexibility index (Phi) is 4.42. The molecule has 0 atom stereocenters. The largest absolute Gasteiger partial charge is 0.381 e. The summed E-state index contributed by atoms with van der Waals surface area (Å²) in [7, 11) is 0. The van der Waals surface area contributed by atoms with E-state index in [0.717, 1.165) is 36.5 Å². The predicted octanol–water partition coefficient (Wildman–Crippen LogP) is 3.60. The van der Waals surface area contributed by atoms with Crippen LogP contribution in [0.2, 0.25) is 0 Å². The summed E-state index contributed by atoms with van der Waals surface area (Å²) in [5.41, 5.74) is 2.50. The molecule has 5 heteroatoms. The lowest BCUT2D eigenvalue weighted by Crippen LogP contribution is -2.44. The highest BCUT2D eigenvalue weighted by Crippen LogP contribution is 2.35. The Morgan fingerprint density at radius 1 is 1.38 bits per heavy atom. The molecule has 0 aliphatic carbocycles. The van der Waals surface area contributed by atoms with Gasteiger partial charge in [0.15, 0.2) is 0 Å². The second kappa shape index (κ2) is 6.30. The van der Waals surface area contributed by atoms with E-state index in [-0.39, 0.29) is 11.3 Å². The SMILES string of the molecule is Cc1csc(C(=O)NCC2(c3ccsc3)CCOCC2)c1. The Bertz CT molecular complexity index is 598. The third-order valence-electron chi connectivity index (χ3n) is 4.13. The van der Waals surface area contributed by atoms with Crippen molar-refractivity contribution in [1.29, 1.82) is 0 Å². The van der Waals surface area contributed by atoms with Crippen LogP contribution >= 0.6 is 22.7 Å². The molecule has 3 rings (SSSR count). The Hall–Kier alpha value is -1.17. The minimum absolute atomic E-state index is 0.0280. The lowest BCUT2D eigenvalue weighted by Gasteiger charge is -2.37. The van der Waals surface area contributed by atoms with Crippen LogP contribution in [0, 0.1) is 6.92 Å². The van der Waals surface area contributed by atoms with Crippen molar-refractivity contribution < 1.29 is 9.53 Å². The molecule has 1 fully saturated rings. The van der Waals surface area contributed by atoms with Gasteiger partial charge in [-0.25, -0.2) is 0 Å². The predicted molar refractivity (Wildman–Crippen MR) is 87.4 cm³/mol. The Labute approximate surface area is 133 Å². The maximum atomic E-state index is 12.3. The number of ether oxygens (including phenoxy) is 1. The number of carbonyl (C=O) groups excluding carboxylic acids is 1. The summed E-state index contributed by atoms with van der Waals surface area (Å²) in [5, 5.41) is 9.45. The zero-order chi connectivity index (χ0) is 14.7.